The van der Waals surface area contributed by atoms with E-state index in [1.54, 1.807) is 6.07 Å². The summed E-state index contributed by atoms with van der Waals surface area (Å²) in [5.41, 5.74) is 2.21. The minimum atomic E-state index is -0.435. The summed E-state index contributed by atoms with van der Waals surface area (Å²) < 4.78 is 0. The third kappa shape index (κ3) is 1.73. The van der Waals surface area contributed by atoms with Crippen molar-refractivity contribution in [3.05, 3.63) is 29.3 Å². The SMILES string of the molecule is O=C1CCC2C3CCc4cc(O)ccc4C3CCC12CO. The number of aliphatic hydroxyl groups is 1. The molecule has 0 saturated heterocycles. The number of phenolic OH excluding ortho intramolecular Hbond substituents is 1. The molecule has 4 unspecified atom stereocenters. The van der Waals surface area contributed by atoms with Crippen molar-refractivity contribution >= 4 is 5.78 Å². The summed E-state index contributed by atoms with van der Waals surface area (Å²) in [4.78, 5) is 12.3. The highest BCUT2D eigenvalue weighted by Crippen LogP contribution is 2.59. The van der Waals surface area contributed by atoms with Crippen molar-refractivity contribution in [3.8, 4) is 5.75 Å². The van der Waals surface area contributed by atoms with Gasteiger partial charge in [0.15, 0.2) is 0 Å². The molecule has 0 spiro atoms. The maximum absolute atomic E-state index is 12.3. The fraction of sp³-hybridized carbons (Fsp3) is 0.611. The lowest BCUT2D eigenvalue weighted by Gasteiger charge is -2.49. The zero-order valence-corrected chi connectivity index (χ0v) is 12.2. The molecule has 0 heterocycles. The molecule has 4 rings (SSSR count). The van der Waals surface area contributed by atoms with Crippen LogP contribution in [-0.2, 0) is 11.2 Å². The van der Waals surface area contributed by atoms with Crippen LogP contribution in [0.4, 0.5) is 0 Å². The fourth-order valence-corrected chi connectivity index (χ4v) is 5.44. The Hall–Kier alpha value is -1.35. The summed E-state index contributed by atoms with van der Waals surface area (Å²) in [6.07, 6.45) is 5.49. The number of ketones is 1. The largest absolute Gasteiger partial charge is 0.508 e. The maximum Gasteiger partial charge on any atom is 0.141 e. The second kappa shape index (κ2) is 4.57. The summed E-state index contributed by atoms with van der Waals surface area (Å²) in [6, 6.07) is 5.76. The summed E-state index contributed by atoms with van der Waals surface area (Å²) in [5.74, 6) is 2.03. The lowest BCUT2D eigenvalue weighted by Crippen LogP contribution is -2.46. The van der Waals surface area contributed by atoms with E-state index in [1.165, 1.54) is 11.1 Å². The minimum absolute atomic E-state index is 0.0299. The van der Waals surface area contributed by atoms with Crippen LogP contribution < -0.4 is 0 Å². The van der Waals surface area contributed by atoms with Gasteiger partial charge in [0.25, 0.3) is 0 Å². The van der Waals surface area contributed by atoms with E-state index in [2.05, 4.69) is 6.07 Å². The predicted molar refractivity (Wildman–Crippen MR) is 79.1 cm³/mol. The van der Waals surface area contributed by atoms with Crippen molar-refractivity contribution in [3.63, 3.8) is 0 Å². The van der Waals surface area contributed by atoms with Crippen molar-refractivity contribution in [1.29, 1.82) is 0 Å². The van der Waals surface area contributed by atoms with Crippen molar-refractivity contribution < 1.29 is 15.0 Å². The quantitative estimate of drug-likeness (QED) is 0.834. The average molecular weight is 286 g/mol. The van der Waals surface area contributed by atoms with Crippen LogP contribution in [0.15, 0.2) is 18.2 Å². The number of aromatic hydroxyl groups is 1. The van der Waals surface area contributed by atoms with E-state index in [0.29, 0.717) is 35.7 Å². The number of aliphatic hydroxyl groups excluding tert-OH is 1. The van der Waals surface area contributed by atoms with Crippen LogP contribution in [-0.4, -0.2) is 22.6 Å². The first kappa shape index (κ1) is 13.3. The monoisotopic (exact) mass is 286 g/mol. The molecule has 3 nitrogen and oxygen atoms in total. The van der Waals surface area contributed by atoms with Crippen LogP contribution in [0.5, 0.6) is 5.75 Å². The molecule has 0 aromatic heterocycles. The van der Waals surface area contributed by atoms with Gasteiger partial charge in [-0.25, -0.2) is 0 Å². The van der Waals surface area contributed by atoms with Gasteiger partial charge in [-0.3, -0.25) is 4.79 Å². The summed E-state index contributed by atoms with van der Waals surface area (Å²) in [7, 11) is 0. The lowest BCUT2D eigenvalue weighted by molar-refractivity contribution is -0.134. The minimum Gasteiger partial charge on any atom is -0.508 e. The Kier molecular flexibility index (Phi) is 2.90. The first-order valence-corrected chi connectivity index (χ1v) is 8.11. The van der Waals surface area contributed by atoms with Gasteiger partial charge in [0, 0.05) is 6.42 Å². The fourth-order valence-electron chi connectivity index (χ4n) is 5.44. The summed E-state index contributed by atoms with van der Waals surface area (Å²) in [6.45, 7) is 0.0299. The molecule has 0 radical (unpaired) electrons. The third-order valence-corrected chi connectivity index (χ3v) is 6.44. The molecule has 1 aromatic rings. The highest BCUT2D eigenvalue weighted by Gasteiger charge is 2.56. The van der Waals surface area contributed by atoms with E-state index in [4.69, 9.17) is 0 Å². The van der Waals surface area contributed by atoms with Crippen LogP contribution in [0.3, 0.4) is 0 Å². The molecule has 0 aliphatic heterocycles. The normalized spacial score (nSPS) is 37.8. The van der Waals surface area contributed by atoms with Gasteiger partial charge in [-0.1, -0.05) is 6.07 Å². The molecule has 1 aromatic carbocycles. The van der Waals surface area contributed by atoms with E-state index in [0.717, 1.165) is 32.1 Å². The zero-order valence-electron chi connectivity index (χ0n) is 12.2. The maximum atomic E-state index is 12.3. The van der Waals surface area contributed by atoms with Gasteiger partial charge in [0.1, 0.15) is 11.5 Å². The van der Waals surface area contributed by atoms with Crippen LogP contribution in [0.2, 0.25) is 0 Å². The molecule has 2 N–H and O–H groups in total. The van der Waals surface area contributed by atoms with Crippen LogP contribution in [0, 0.1) is 17.3 Å². The number of Topliss-reactive ketones (excluding diaryl/α,β-unsaturated/α-hetero) is 1. The first-order chi connectivity index (χ1) is 10.2. The molecule has 112 valence electrons. The Labute approximate surface area is 125 Å². The number of fused-ring (bicyclic) bond motifs is 5. The molecule has 3 aliphatic rings. The molecule has 4 atom stereocenters. The van der Waals surface area contributed by atoms with E-state index in [-0.39, 0.29) is 6.61 Å². The third-order valence-electron chi connectivity index (χ3n) is 6.44. The molecular weight excluding hydrogens is 264 g/mol. The van der Waals surface area contributed by atoms with E-state index in [9.17, 15) is 15.0 Å². The van der Waals surface area contributed by atoms with E-state index >= 15 is 0 Å². The molecule has 3 aliphatic carbocycles. The van der Waals surface area contributed by atoms with Gasteiger partial charge in [0.05, 0.1) is 12.0 Å². The van der Waals surface area contributed by atoms with Crippen molar-refractivity contribution in [2.24, 2.45) is 17.3 Å². The molecule has 21 heavy (non-hydrogen) atoms. The molecule has 2 saturated carbocycles. The number of carbonyl (C=O) groups excluding carboxylic acids is 1. The molecule has 0 bridgehead atoms. The van der Waals surface area contributed by atoms with Crippen LogP contribution in [0.1, 0.15) is 49.1 Å². The summed E-state index contributed by atoms with van der Waals surface area (Å²) >= 11 is 0. The number of carbonyl (C=O) groups is 1. The number of hydrogen-bond donors (Lipinski definition) is 2. The van der Waals surface area contributed by atoms with Crippen LogP contribution in [0.25, 0.3) is 0 Å². The Bertz CT molecular complexity index is 594. The second-order valence-corrected chi connectivity index (χ2v) is 7.11. The molecule has 3 heteroatoms. The van der Waals surface area contributed by atoms with E-state index < -0.39 is 5.41 Å². The Morgan fingerprint density at radius 3 is 2.86 bits per heavy atom. The Morgan fingerprint density at radius 2 is 2.05 bits per heavy atom. The Morgan fingerprint density at radius 1 is 1.19 bits per heavy atom. The van der Waals surface area contributed by atoms with E-state index in [1.807, 2.05) is 6.07 Å². The number of phenols is 1. The second-order valence-electron chi connectivity index (χ2n) is 7.11. The number of aryl methyl sites for hydroxylation is 1. The number of hydrogen-bond acceptors (Lipinski definition) is 3. The van der Waals surface area contributed by atoms with Gasteiger partial charge >= 0.3 is 0 Å². The molecular formula is C18H22O3. The standard InChI is InChI=1S/C18H22O3/c19-10-18-8-7-14-13-4-2-12(20)9-11(13)1-3-15(14)16(18)5-6-17(18)21/h2,4,9,14-16,19-20H,1,3,5-8,10H2. The summed E-state index contributed by atoms with van der Waals surface area (Å²) in [5, 5.41) is 19.6. The van der Waals surface area contributed by atoms with Gasteiger partial charge in [-0.15, -0.1) is 0 Å². The highest BCUT2D eigenvalue weighted by atomic mass is 16.3. The van der Waals surface area contributed by atoms with Gasteiger partial charge in [0.2, 0.25) is 0 Å². The van der Waals surface area contributed by atoms with Crippen molar-refractivity contribution in [2.75, 3.05) is 6.61 Å². The van der Waals surface area contributed by atoms with Gasteiger partial charge in [-0.2, -0.15) is 0 Å². The zero-order chi connectivity index (χ0) is 14.6. The van der Waals surface area contributed by atoms with Crippen molar-refractivity contribution in [1.82, 2.24) is 0 Å². The smallest absolute Gasteiger partial charge is 0.141 e. The average Bonchev–Trinajstić information content (AvgIpc) is 2.84. The van der Waals surface area contributed by atoms with Gasteiger partial charge < -0.3 is 10.2 Å². The Balaban J connectivity index is 1.73. The first-order valence-electron chi connectivity index (χ1n) is 8.11. The van der Waals surface area contributed by atoms with Gasteiger partial charge in [-0.05, 0) is 73.1 Å². The molecule has 0 amide bonds. The number of rotatable bonds is 1. The molecule has 2 fully saturated rings. The topological polar surface area (TPSA) is 57.5 Å². The number of benzene rings is 1. The highest BCUT2D eigenvalue weighted by molar-refractivity contribution is 5.87. The van der Waals surface area contributed by atoms with Crippen molar-refractivity contribution in [2.45, 2.75) is 44.4 Å². The predicted octanol–water partition coefficient (Wildman–Crippen LogP) is 2.79. The van der Waals surface area contributed by atoms with Crippen LogP contribution >= 0.6 is 0 Å². The lowest BCUT2D eigenvalue weighted by atomic mass is 9.55.